The van der Waals surface area contributed by atoms with Gasteiger partial charge in [0.25, 0.3) is 0 Å². The summed E-state index contributed by atoms with van der Waals surface area (Å²) in [5, 5.41) is 12.3. The average Bonchev–Trinajstić information content (AvgIpc) is 2.79. The van der Waals surface area contributed by atoms with Crippen LogP contribution in [0.1, 0.15) is 50.8 Å². The maximum atomic E-state index is 13.0. The number of carbonyl (C=O) groups excluding carboxylic acids is 1. The Bertz CT molecular complexity index is 1080. The summed E-state index contributed by atoms with van der Waals surface area (Å²) >= 11 is 0. The van der Waals surface area contributed by atoms with Crippen LogP contribution in [0.2, 0.25) is 0 Å². The van der Waals surface area contributed by atoms with Gasteiger partial charge in [0.05, 0.1) is 22.6 Å². The molecule has 1 atom stereocenters. The highest BCUT2D eigenvalue weighted by Crippen LogP contribution is 2.26. The Morgan fingerprint density at radius 2 is 1.72 bits per heavy atom. The molecule has 0 saturated carbocycles. The quantitative estimate of drug-likeness (QED) is 0.687. The van der Waals surface area contributed by atoms with E-state index in [2.05, 4.69) is 5.32 Å². The van der Waals surface area contributed by atoms with E-state index < -0.39 is 10.0 Å². The van der Waals surface area contributed by atoms with Gasteiger partial charge in [0.2, 0.25) is 15.9 Å². The number of ether oxygens (including phenoxy) is 1. The van der Waals surface area contributed by atoms with Crippen LogP contribution in [0.4, 0.5) is 0 Å². The van der Waals surface area contributed by atoms with Crippen LogP contribution in [0.25, 0.3) is 0 Å². The molecule has 2 aromatic carbocycles. The van der Waals surface area contributed by atoms with Crippen LogP contribution < -0.4 is 10.1 Å². The molecule has 0 radical (unpaired) electrons. The minimum absolute atomic E-state index is 0.0175. The number of hydrogen-bond donors (Lipinski definition) is 1. The predicted molar refractivity (Wildman–Crippen MR) is 121 cm³/mol. The molecule has 1 heterocycles. The topological polar surface area (TPSA) is 99.5 Å². The zero-order valence-corrected chi connectivity index (χ0v) is 19.4. The third kappa shape index (κ3) is 5.47. The molecule has 0 aliphatic carbocycles. The highest BCUT2D eigenvalue weighted by Gasteiger charge is 2.33. The fourth-order valence-electron chi connectivity index (χ4n) is 3.80. The highest BCUT2D eigenvalue weighted by molar-refractivity contribution is 7.89. The van der Waals surface area contributed by atoms with Crippen LogP contribution in [0.3, 0.4) is 0 Å². The molecule has 1 aliphatic rings. The molecule has 1 saturated heterocycles. The lowest BCUT2D eigenvalue weighted by molar-refractivity contribution is -0.126. The van der Waals surface area contributed by atoms with Crippen molar-refractivity contribution in [3.8, 4) is 11.8 Å². The Labute approximate surface area is 190 Å². The van der Waals surface area contributed by atoms with Gasteiger partial charge in [-0.3, -0.25) is 4.79 Å². The lowest BCUT2D eigenvalue weighted by atomic mass is 9.96. The van der Waals surface area contributed by atoms with E-state index >= 15 is 0 Å². The van der Waals surface area contributed by atoms with Gasteiger partial charge in [-0.15, -0.1) is 0 Å². The second-order valence-electron chi connectivity index (χ2n) is 8.25. The fourth-order valence-corrected chi connectivity index (χ4v) is 5.42. The van der Waals surface area contributed by atoms with Crippen LogP contribution >= 0.6 is 0 Å². The number of piperidine rings is 1. The van der Waals surface area contributed by atoms with Crippen molar-refractivity contribution in [2.75, 3.05) is 13.1 Å². The van der Waals surface area contributed by atoms with Crippen LogP contribution in [0.15, 0.2) is 53.4 Å². The Morgan fingerprint density at radius 3 is 2.31 bits per heavy atom. The molecule has 1 unspecified atom stereocenters. The summed E-state index contributed by atoms with van der Waals surface area (Å²) in [5.41, 5.74) is 1.11. The van der Waals surface area contributed by atoms with Crippen LogP contribution in [0.5, 0.6) is 5.75 Å². The van der Waals surface area contributed by atoms with Gasteiger partial charge in [-0.2, -0.15) is 9.57 Å². The molecule has 7 nitrogen and oxygen atoms in total. The molecule has 8 heteroatoms. The molecular weight excluding hydrogens is 426 g/mol. The SMILES string of the molecule is CC(C)Oc1ccc(C(C)NC(=O)C2CCN(S(=O)(=O)c3ccccc3C#N)CC2)cc1. The van der Waals surface area contributed by atoms with E-state index in [4.69, 9.17) is 4.74 Å². The van der Waals surface area contributed by atoms with Crippen molar-refractivity contribution >= 4 is 15.9 Å². The molecule has 1 N–H and O–H groups in total. The number of hydrogen-bond acceptors (Lipinski definition) is 5. The van der Waals surface area contributed by atoms with Gasteiger partial charge < -0.3 is 10.1 Å². The molecule has 2 aromatic rings. The fraction of sp³-hybridized carbons (Fsp3) is 0.417. The Hall–Kier alpha value is -2.89. The zero-order valence-electron chi connectivity index (χ0n) is 18.6. The number of sulfonamides is 1. The molecule has 0 bridgehead atoms. The summed E-state index contributed by atoms with van der Waals surface area (Å²) in [5.74, 6) is 0.460. The van der Waals surface area contributed by atoms with Gasteiger partial charge in [-0.25, -0.2) is 8.42 Å². The smallest absolute Gasteiger partial charge is 0.244 e. The number of nitrogens with one attached hydrogen (secondary N) is 1. The van der Waals surface area contributed by atoms with E-state index in [9.17, 15) is 18.5 Å². The summed E-state index contributed by atoms with van der Waals surface area (Å²) in [7, 11) is -3.77. The van der Waals surface area contributed by atoms with Crippen molar-refractivity contribution in [2.45, 2.75) is 50.7 Å². The third-order valence-corrected chi connectivity index (χ3v) is 7.52. The summed E-state index contributed by atoms with van der Waals surface area (Å²) in [6.07, 6.45) is 0.975. The van der Waals surface area contributed by atoms with Crippen LogP contribution in [-0.4, -0.2) is 37.8 Å². The molecule has 1 amide bonds. The van der Waals surface area contributed by atoms with E-state index in [1.165, 1.54) is 16.4 Å². The number of amides is 1. The van der Waals surface area contributed by atoms with Crippen molar-refractivity contribution in [1.29, 1.82) is 5.26 Å². The van der Waals surface area contributed by atoms with Gasteiger partial charge >= 0.3 is 0 Å². The first-order valence-electron chi connectivity index (χ1n) is 10.8. The maximum absolute atomic E-state index is 13.0. The van der Waals surface area contributed by atoms with E-state index in [-0.39, 0.29) is 47.5 Å². The monoisotopic (exact) mass is 455 g/mol. The minimum Gasteiger partial charge on any atom is -0.491 e. The van der Waals surface area contributed by atoms with E-state index in [1.807, 2.05) is 51.1 Å². The number of nitrogens with zero attached hydrogens (tertiary/aromatic N) is 2. The second kappa shape index (κ2) is 10.2. The summed E-state index contributed by atoms with van der Waals surface area (Å²) < 4.78 is 32.9. The average molecular weight is 456 g/mol. The van der Waals surface area contributed by atoms with Crippen molar-refractivity contribution in [3.05, 3.63) is 59.7 Å². The molecule has 3 rings (SSSR count). The minimum atomic E-state index is -3.77. The molecule has 0 spiro atoms. The van der Waals surface area contributed by atoms with Gasteiger partial charge in [0.15, 0.2) is 0 Å². The first kappa shape index (κ1) is 23.8. The van der Waals surface area contributed by atoms with Crippen LogP contribution in [0, 0.1) is 17.2 Å². The number of benzene rings is 2. The zero-order chi connectivity index (χ0) is 23.3. The molecule has 1 fully saturated rings. The molecule has 0 aromatic heterocycles. The highest BCUT2D eigenvalue weighted by atomic mass is 32.2. The first-order valence-corrected chi connectivity index (χ1v) is 12.2. The second-order valence-corrected chi connectivity index (χ2v) is 10.2. The maximum Gasteiger partial charge on any atom is 0.244 e. The number of carbonyl (C=O) groups is 1. The van der Waals surface area contributed by atoms with Crippen molar-refractivity contribution in [1.82, 2.24) is 9.62 Å². The third-order valence-electron chi connectivity index (χ3n) is 5.56. The number of rotatable bonds is 7. The lowest BCUT2D eigenvalue weighted by Crippen LogP contribution is -2.43. The van der Waals surface area contributed by atoms with Crippen molar-refractivity contribution in [3.63, 3.8) is 0 Å². The Morgan fingerprint density at radius 1 is 1.09 bits per heavy atom. The normalized spacial score (nSPS) is 16.3. The first-order chi connectivity index (χ1) is 15.2. The van der Waals surface area contributed by atoms with Crippen molar-refractivity contribution in [2.24, 2.45) is 5.92 Å². The Balaban J connectivity index is 1.58. The largest absolute Gasteiger partial charge is 0.491 e. The van der Waals surface area contributed by atoms with E-state index in [0.29, 0.717) is 12.8 Å². The van der Waals surface area contributed by atoms with Gasteiger partial charge in [-0.1, -0.05) is 24.3 Å². The molecule has 170 valence electrons. The standard InChI is InChI=1S/C24H29N3O4S/c1-17(2)31-22-10-8-19(9-11-22)18(3)26-24(28)20-12-14-27(15-13-20)32(29,30)23-7-5-4-6-21(23)16-25/h4-11,17-18,20H,12-15H2,1-3H3,(H,26,28). The van der Waals surface area contributed by atoms with E-state index in [1.54, 1.807) is 12.1 Å². The Kier molecular flexibility index (Phi) is 7.54. The van der Waals surface area contributed by atoms with Gasteiger partial charge in [0, 0.05) is 19.0 Å². The van der Waals surface area contributed by atoms with Gasteiger partial charge in [0.1, 0.15) is 11.8 Å². The predicted octanol–water partition coefficient (Wildman–Crippen LogP) is 3.62. The summed E-state index contributed by atoms with van der Waals surface area (Å²) in [6.45, 7) is 6.35. The molecule has 1 aliphatic heterocycles. The summed E-state index contributed by atoms with van der Waals surface area (Å²) in [6, 6.07) is 15.6. The van der Waals surface area contributed by atoms with Crippen LogP contribution in [-0.2, 0) is 14.8 Å². The van der Waals surface area contributed by atoms with E-state index in [0.717, 1.165) is 11.3 Å². The summed E-state index contributed by atoms with van der Waals surface area (Å²) in [4.78, 5) is 12.8. The van der Waals surface area contributed by atoms with Crippen molar-refractivity contribution < 1.29 is 17.9 Å². The number of nitriles is 1. The van der Waals surface area contributed by atoms with Gasteiger partial charge in [-0.05, 0) is 63.4 Å². The lowest BCUT2D eigenvalue weighted by Gasteiger charge is -2.31. The molecule has 32 heavy (non-hydrogen) atoms. The molecular formula is C24H29N3O4S.